The van der Waals surface area contributed by atoms with Crippen molar-refractivity contribution in [2.45, 2.75) is 12.5 Å². The van der Waals surface area contributed by atoms with Crippen molar-refractivity contribution in [3.8, 4) is 0 Å². The van der Waals surface area contributed by atoms with Gasteiger partial charge < -0.3 is 4.90 Å². The Morgan fingerprint density at radius 2 is 2.33 bits per heavy atom. The van der Waals surface area contributed by atoms with E-state index >= 15 is 0 Å². The van der Waals surface area contributed by atoms with Crippen LogP contribution in [0.15, 0.2) is 0 Å². The molecule has 0 bridgehead atoms. The summed E-state index contributed by atoms with van der Waals surface area (Å²) in [6, 6.07) is 0.810. The fourth-order valence-corrected chi connectivity index (χ4v) is 1.96. The molecule has 2 heteroatoms. The lowest BCUT2D eigenvalue weighted by molar-refractivity contribution is 0.308. The molecule has 2 nitrogen and oxygen atoms in total. The SMILES string of the molecule is CN1CCC2C[N]CC21. The van der Waals surface area contributed by atoms with Crippen LogP contribution in [0.3, 0.4) is 0 Å². The molecule has 2 aliphatic rings. The van der Waals surface area contributed by atoms with E-state index in [0.717, 1.165) is 25.0 Å². The van der Waals surface area contributed by atoms with Gasteiger partial charge in [-0.3, -0.25) is 0 Å². The molecule has 2 heterocycles. The summed E-state index contributed by atoms with van der Waals surface area (Å²) < 4.78 is 0. The number of rotatable bonds is 0. The molecule has 2 saturated heterocycles. The van der Waals surface area contributed by atoms with Gasteiger partial charge in [-0.15, -0.1) is 0 Å². The van der Waals surface area contributed by atoms with E-state index in [4.69, 9.17) is 0 Å². The molecule has 0 aliphatic carbocycles. The molecule has 2 aliphatic heterocycles. The summed E-state index contributed by atoms with van der Waals surface area (Å²) in [5, 5.41) is 4.38. The predicted molar refractivity (Wildman–Crippen MR) is 36.4 cm³/mol. The summed E-state index contributed by atoms with van der Waals surface area (Å²) in [6.45, 7) is 3.53. The summed E-state index contributed by atoms with van der Waals surface area (Å²) >= 11 is 0. The first-order chi connectivity index (χ1) is 4.38. The van der Waals surface area contributed by atoms with Crippen molar-refractivity contribution in [3.05, 3.63) is 0 Å². The van der Waals surface area contributed by atoms with E-state index in [1.807, 2.05) is 0 Å². The van der Waals surface area contributed by atoms with Crippen molar-refractivity contribution in [1.82, 2.24) is 10.2 Å². The second-order valence-corrected chi connectivity index (χ2v) is 3.19. The molecule has 0 spiro atoms. The standard InChI is InChI=1S/C7H13N2/c1-9-3-2-6-4-8-5-7(6)9/h6-7H,2-5H2,1H3. The van der Waals surface area contributed by atoms with Crippen molar-refractivity contribution in [2.24, 2.45) is 5.92 Å². The Hall–Kier alpha value is -0.0800. The number of hydrogen-bond acceptors (Lipinski definition) is 1. The lowest BCUT2D eigenvalue weighted by atomic mass is 10.1. The van der Waals surface area contributed by atoms with E-state index in [1.165, 1.54) is 13.0 Å². The summed E-state index contributed by atoms with van der Waals surface area (Å²) in [5.41, 5.74) is 0. The van der Waals surface area contributed by atoms with E-state index < -0.39 is 0 Å². The highest BCUT2D eigenvalue weighted by molar-refractivity contribution is 4.92. The molecular weight excluding hydrogens is 112 g/mol. The number of hydrogen-bond donors (Lipinski definition) is 0. The fourth-order valence-electron chi connectivity index (χ4n) is 1.96. The second kappa shape index (κ2) is 1.96. The molecule has 9 heavy (non-hydrogen) atoms. The molecule has 1 radical (unpaired) electrons. The van der Waals surface area contributed by atoms with Crippen LogP contribution in [-0.2, 0) is 0 Å². The summed E-state index contributed by atoms with van der Waals surface area (Å²) in [5.74, 6) is 0.912. The Labute approximate surface area is 56.2 Å². The van der Waals surface area contributed by atoms with E-state index in [2.05, 4.69) is 17.3 Å². The van der Waals surface area contributed by atoms with E-state index in [-0.39, 0.29) is 0 Å². The molecule has 2 rings (SSSR count). The molecule has 2 fully saturated rings. The maximum atomic E-state index is 4.38. The van der Waals surface area contributed by atoms with Gasteiger partial charge in [0.15, 0.2) is 0 Å². The minimum absolute atomic E-state index is 0.810. The highest BCUT2D eigenvalue weighted by Crippen LogP contribution is 2.25. The van der Waals surface area contributed by atoms with Crippen LogP contribution in [0.2, 0.25) is 0 Å². The van der Waals surface area contributed by atoms with E-state index in [1.54, 1.807) is 0 Å². The Bertz CT molecular complexity index is 113. The largest absolute Gasteiger partial charge is 0.302 e. The smallest absolute Gasteiger partial charge is 0.0292 e. The topological polar surface area (TPSA) is 17.3 Å². The predicted octanol–water partition coefficient (Wildman–Crippen LogP) is -0.0753. The van der Waals surface area contributed by atoms with Gasteiger partial charge in [0.1, 0.15) is 0 Å². The van der Waals surface area contributed by atoms with Gasteiger partial charge in [0.05, 0.1) is 0 Å². The van der Waals surface area contributed by atoms with Gasteiger partial charge >= 0.3 is 0 Å². The summed E-state index contributed by atoms with van der Waals surface area (Å²) in [6.07, 6.45) is 1.38. The maximum Gasteiger partial charge on any atom is 0.0292 e. The van der Waals surface area contributed by atoms with Crippen LogP contribution in [0.5, 0.6) is 0 Å². The Morgan fingerprint density at radius 1 is 1.44 bits per heavy atom. The average Bonchev–Trinajstić information content (AvgIpc) is 2.35. The Balaban J connectivity index is 2.07. The maximum absolute atomic E-state index is 4.38. The third-order valence-electron chi connectivity index (χ3n) is 2.64. The van der Waals surface area contributed by atoms with Gasteiger partial charge in [-0.1, -0.05) is 0 Å². The van der Waals surface area contributed by atoms with Gasteiger partial charge in [0, 0.05) is 19.1 Å². The quantitative estimate of drug-likeness (QED) is 0.443. The number of nitrogens with zero attached hydrogens (tertiary/aromatic N) is 2. The van der Waals surface area contributed by atoms with Crippen LogP contribution in [0.4, 0.5) is 0 Å². The number of likely N-dealkylation sites (tertiary alicyclic amines) is 1. The molecule has 0 aromatic heterocycles. The van der Waals surface area contributed by atoms with Crippen LogP contribution in [0.25, 0.3) is 0 Å². The number of fused-ring (bicyclic) bond motifs is 1. The molecule has 0 saturated carbocycles. The lowest BCUT2D eigenvalue weighted by Crippen LogP contribution is -2.29. The molecular formula is C7H13N2. The first-order valence-electron chi connectivity index (χ1n) is 3.71. The van der Waals surface area contributed by atoms with Crippen LogP contribution in [0, 0.1) is 5.92 Å². The average molecular weight is 125 g/mol. The minimum Gasteiger partial charge on any atom is -0.302 e. The first-order valence-corrected chi connectivity index (χ1v) is 3.71. The molecule has 2 unspecified atom stereocenters. The third kappa shape index (κ3) is 0.775. The Kier molecular flexibility index (Phi) is 1.24. The monoisotopic (exact) mass is 125 g/mol. The molecule has 0 amide bonds. The van der Waals surface area contributed by atoms with Crippen molar-refractivity contribution in [3.63, 3.8) is 0 Å². The molecule has 2 atom stereocenters. The summed E-state index contributed by atoms with van der Waals surface area (Å²) in [4.78, 5) is 2.45. The van der Waals surface area contributed by atoms with Crippen molar-refractivity contribution >= 4 is 0 Å². The molecule has 0 N–H and O–H groups in total. The van der Waals surface area contributed by atoms with Crippen molar-refractivity contribution in [2.75, 3.05) is 26.7 Å². The van der Waals surface area contributed by atoms with Crippen LogP contribution < -0.4 is 5.32 Å². The highest BCUT2D eigenvalue weighted by Gasteiger charge is 2.35. The normalized spacial score (nSPS) is 43.7. The zero-order valence-electron chi connectivity index (χ0n) is 5.88. The van der Waals surface area contributed by atoms with E-state index in [9.17, 15) is 0 Å². The van der Waals surface area contributed by atoms with Gasteiger partial charge in [-0.05, 0) is 25.9 Å². The molecule has 0 aromatic rings. The lowest BCUT2D eigenvalue weighted by Gasteiger charge is -2.15. The van der Waals surface area contributed by atoms with Crippen molar-refractivity contribution < 1.29 is 0 Å². The Morgan fingerprint density at radius 3 is 3.11 bits per heavy atom. The van der Waals surface area contributed by atoms with Gasteiger partial charge in [-0.2, -0.15) is 0 Å². The zero-order chi connectivity index (χ0) is 6.27. The molecule has 51 valence electrons. The van der Waals surface area contributed by atoms with Crippen LogP contribution >= 0.6 is 0 Å². The van der Waals surface area contributed by atoms with Crippen LogP contribution in [0.1, 0.15) is 6.42 Å². The first kappa shape index (κ1) is 5.69. The molecule has 0 aromatic carbocycles. The van der Waals surface area contributed by atoms with Crippen molar-refractivity contribution in [1.29, 1.82) is 0 Å². The summed E-state index contributed by atoms with van der Waals surface area (Å²) in [7, 11) is 2.21. The van der Waals surface area contributed by atoms with Gasteiger partial charge in [0.2, 0.25) is 0 Å². The van der Waals surface area contributed by atoms with E-state index in [0.29, 0.717) is 0 Å². The zero-order valence-corrected chi connectivity index (χ0v) is 5.88. The van der Waals surface area contributed by atoms with Crippen LogP contribution in [-0.4, -0.2) is 37.6 Å². The second-order valence-electron chi connectivity index (χ2n) is 3.19. The third-order valence-corrected chi connectivity index (χ3v) is 2.64. The number of likely N-dealkylation sites (N-methyl/N-ethyl adjacent to an activating group) is 1. The highest BCUT2D eigenvalue weighted by atomic mass is 15.2. The fraction of sp³-hybridized carbons (Fsp3) is 1.00. The van der Waals surface area contributed by atoms with Gasteiger partial charge in [-0.25, -0.2) is 5.32 Å². The van der Waals surface area contributed by atoms with Gasteiger partial charge in [0.25, 0.3) is 0 Å². The minimum atomic E-state index is 0.810.